The van der Waals surface area contributed by atoms with Crippen LogP contribution in [0.1, 0.15) is 98.3 Å². The first kappa shape index (κ1) is 21.2. The average molecular weight is 305 g/mol. The van der Waals surface area contributed by atoms with Gasteiger partial charge in [0.05, 0.1) is 0 Å². The molecule has 0 heterocycles. The lowest BCUT2D eigenvalue weighted by Crippen LogP contribution is -2.03. The van der Waals surface area contributed by atoms with Crippen LogP contribution in [0.3, 0.4) is 0 Å². The van der Waals surface area contributed by atoms with Crippen molar-refractivity contribution in [1.82, 2.24) is 0 Å². The minimum Gasteiger partial charge on any atom is -0.0882 e. The Bertz CT molecular complexity index is 298. The highest BCUT2D eigenvalue weighted by molar-refractivity contribution is 4.97. The van der Waals surface area contributed by atoms with Gasteiger partial charge < -0.3 is 0 Å². The Morgan fingerprint density at radius 1 is 0.591 bits per heavy atom. The van der Waals surface area contributed by atoms with Crippen molar-refractivity contribution in [1.29, 1.82) is 0 Å². The number of unbranched alkanes of at least 4 members (excludes halogenated alkanes) is 6. The Morgan fingerprint density at radius 2 is 1.09 bits per heavy atom. The predicted molar refractivity (Wildman–Crippen MR) is 103 cm³/mol. The van der Waals surface area contributed by atoms with E-state index < -0.39 is 0 Å². The van der Waals surface area contributed by atoms with E-state index in [2.05, 4.69) is 64.2 Å². The van der Waals surface area contributed by atoms with E-state index in [9.17, 15) is 0 Å². The number of hydrogen-bond donors (Lipinski definition) is 0. The van der Waals surface area contributed by atoms with Gasteiger partial charge in [-0.2, -0.15) is 0 Å². The third kappa shape index (κ3) is 19.2. The van der Waals surface area contributed by atoms with Gasteiger partial charge in [0, 0.05) is 0 Å². The van der Waals surface area contributed by atoms with Crippen LogP contribution < -0.4 is 0 Å². The molecule has 0 amide bonds. The minimum atomic E-state index is 0.505. The first-order valence-corrected chi connectivity index (χ1v) is 9.51. The van der Waals surface area contributed by atoms with Gasteiger partial charge in [-0.3, -0.25) is 0 Å². The lowest BCUT2D eigenvalue weighted by Gasteiger charge is -2.17. The predicted octanol–water partition coefficient (Wildman–Crippen LogP) is 8.01. The Labute approximate surface area is 140 Å². The van der Waals surface area contributed by atoms with Crippen LogP contribution in [0.15, 0.2) is 36.5 Å². The first-order valence-electron chi connectivity index (χ1n) is 9.51. The standard InChI is InChI=1S/C22H40/c1-5-6-7-8-9-10-11-12-13-14-15-16-17-18-19-20-21-22(2,3)4/h9-10,12-13,15-16H,5-8,11,14,17-21H2,1-4H3/b10-9-,13-12-,16-15-. The zero-order valence-corrected chi connectivity index (χ0v) is 15.7. The summed E-state index contributed by atoms with van der Waals surface area (Å²) in [6.07, 6.45) is 28.0. The zero-order valence-electron chi connectivity index (χ0n) is 15.7. The van der Waals surface area contributed by atoms with Gasteiger partial charge in [-0.25, -0.2) is 0 Å². The van der Waals surface area contributed by atoms with Gasteiger partial charge in [0.25, 0.3) is 0 Å². The molecule has 0 saturated carbocycles. The summed E-state index contributed by atoms with van der Waals surface area (Å²) >= 11 is 0. The van der Waals surface area contributed by atoms with Crippen LogP contribution in [-0.4, -0.2) is 0 Å². The van der Waals surface area contributed by atoms with E-state index in [1.807, 2.05) is 0 Å². The molecule has 0 radical (unpaired) electrons. The summed E-state index contributed by atoms with van der Waals surface area (Å²) in [5.74, 6) is 0. The summed E-state index contributed by atoms with van der Waals surface area (Å²) in [5, 5.41) is 0. The van der Waals surface area contributed by atoms with Gasteiger partial charge in [-0.05, 0) is 50.4 Å². The van der Waals surface area contributed by atoms with Crippen molar-refractivity contribution in [2.75, 3.05) is 0 Å². The summed E-state index contributed by atoms with van der Waals surface area (Å²) < 4.78 is 0. The molecule has 0 rings (SSSR count). The summed E-state index contributed by atoms with van der Waals surface area (Å²) in [6.45, 7) is 9.25. The molecule has 0 unspecified atom stereocenters. The molecule has 0 N–H and O–H groups in total. The average Bonchev–Trinajstić information content (AvgIpc) is 2.45. The van der Waals surface area contributed by atoms with Crippen molar-refractivity contribution in [3.8, 4) is 0 Å². The summed E-state index contributed by atoms with van der Waals surface area (Å²) in [4.78, 5) is 0. The maximum Gasteiger partial charge on any atom is -0.0169 e. The molecule has 128 valence electrons. The van der Waals surface area contributed by atoms with Crippen molar-refractivity contribution >= 4 is 0 Å². The molecule has 0 aromatic rings. The lowest BCUT2D eigenvalue weighted by atomic mass is 9.89. The lowest BCUT2D eigenvalue weighted by molar-refractivity contribution is 0.358. The maximum atomic E-state index is 2.35. The van der Waals surface area contributed by atoms with Crippen molar-refractivity contribution in [3.63, 3.8) is 0 Å². The van der Waals surface area contributed by atoms with E-state index in [1.54, 1.807) is 0 Å². The van der Waals surface area contributed by atoms with Crippen LogP contribution in [0.2, 0.25) is 0 Å². The molecule has 0 nitrogen and oxygen atoms in total. The monoisotopic (exact) mass is 304 g/mol. The Balaban J connectivity index is 3.34. The number of allylic oxidation sites excluding steroid dienone is 6. The number of hydrogen-bond acceptors (Lipinski definition) is 0. The molecule has 22 heavy (non-hydrogen) atoms. The van der Waals surface area contributed by atoms with Gasteiger partial charge in [-0.15, -0.1) is 0 Å². The second-order valence-electron chi connectivity index (χ2n) is 7.54. The van der Waals surface area contributed by atoms with Gasteiger partial charge in [0.1, 0.15) is 0 Å². The summed E-state index contributed by atoms with van der Waals surface area (Å²) in [5.41, 5.74) is 0.505. The van der Waals surface area contributed by atoms with E-state index in [4.69, 9.17) is 0 Å². The molecule has 0 aliphatic rings. The fraction of sp³-hybridized carbons (Fsp3) is 0.727. The molecular weight excluding hydrogens is 264 g/mol. The number of rotatable bonds is 13. The smallest absolute Gasteiger partial charge is 0.0169 e. The van der Waals surface area contributed by atoms with Crippen molar-refractivity contribution in [2.24, 2.45) is 5.41 Å². The molecule has 0 aliphatic heterocycles. The fourth-order valence-corrected chi connectivity index (χ4v) is 2.38. The third-order valence-corrected chi connectivity index (χ3v) is 3.82. The Kier molecular flexibility index (Phi) is 14.6. The van der Waals surface area contributed by atoms with Crippen LogP contribution in [0.25, 0.3) is 0 Å². The van der Waals surface area contributed by atoms with Gasteiger partial charge in [0.15, 0.2) is 0 Å². The van der Waals surface area contributed by atoms with E-state index in [0.29, 0.717) is 5.41 Å². The van der Waals surface area contributed by atoms with Gasteiger partial charge in [0.2, 0.25) is 0 Å². The van der Waals surface area contributed by atoms with Gasteiger partial charge in [-0.1, -0.05) is 89.8 Å². The van der Waals surface area contributed by atoms with Gasteiger partial charge >= 0.3 is 0 Å². The summed E-state index contributed by atoms with van der Waals surface area (Å²) in [7, 11) is 0. The van der Waals surface area contributed by atoms with Crippen LogP contribution in [0.4, 0.5) is 0 Å². The maximum absolute atomic E-state index is 2.35. The van der Waals surface area contributed by atoms with Crippen molar-refractivity contribution < 1.29 is 0 Å². The minimum absolute atomic E-state index is 0.505. The highest BCUT2D eigenvalue weighted by atomic mass is 14.1. The molecule has 0 saturated heterocycles. The largest absolute Gasteiger partial charge is 0.0882 e. The first-order chi connectivity index (χ1) is 10.6. The van der Waals surface area contributed by atoms with Crippen LogP contribution >= 0.6 is 0 Å². The molecular formula is C22H40. The highest BCUT2D eigenvalue weighted by Gasteiger charge is 2.08. The molecule has 0 aliphatic carbocycles. The fourth-order valence-electron chi connectivity index (χ4n) is 2.38. The normalized spacial score (nSPS) is 13.1. The quantitative estimate of drug-likeness (QED) is 0.239. The van der Waals surface area contributed by atoms with Crippen LogP contribution in [0, 0.1) is 5.41 Å². The molecule has 0 aromatic heterocycles. The van der Waals surface area contributed by atoms with Crippen LogP contribution in [0.5, 0.6) is 0 Å². The molecule has 0 spiro atoms. The topological polar surface area (TPSA) is 0 Å². The second-order valence-corrected chi connectivity index (χ2v) is 7.54. The van der Waals surface area contributed by atoms with Crippen molar-refractivity contribution in [3.05, 3.63) is 36.5 Å². The van der Waals surface area contributed by atoms with Crippen molar-refractivity contribution in [2.45, 2.75) is 98.3 Å². The van der Waals surface area contributed by atoms with E-state index >= 15 is 0 Å². The SMILES string of the molecule is CCCCC/C=C\C/C=C\C/C=C\CCCCCC(C)(C)C. The molecule has 0 fully saturated rings. The highest BCUT2D eigenvalue weighted by Crippen LogP contribution is 2.22. The summed E-state index contributed by atoms with van der Waals surface area (Å²) in [6, 6.07) is 0. The van der Waals surface area contributed by atoms with Crippen LogP contribution in [-0.2, 0) is 0 Å². The Hall–Kier alpha value is -0.780. The van der Waals surface area contributed by atoms with E-state index in [0.717, 1.165) is 12.8 Å². The Morgan fingerprint density at radius 3 is 1.59 bits per heavy atom. The van der Waals surface area contributed by atoms with E-state index in [-0.39, 0.29) is 0 Å². The van der Waals surface area contributed by atoms with E-state index in [1.165, 1.54) is 57.8 Å². The molecule has 0 bridgehead atoms. The second kappa shape index (κ2) is 15.1. The molecule has 0 heteroatoms. The zero-order chi connectivity index (χ0) is 16.5. The molecule has 0 atom stereocenters. The third-order valence-electron chi connectivity index (χ3n) is 3.82. The molecule has 0 aromatic carbocycles.